The summed E-state index contributed by atoms with van der Waals surface area (Å²) in [6.45, 7) is 4.73. The van der Waals surface area contributed by atoms with Gasteiger partial charge >= 0.3 is 0 Å². The van der Waals surface area contributed by atoms with Gasteiger partial charge in [-0.15, -0.1) is 5.10 Å². The molecule has 18 heavy (non-hydrogen) atoms. The number of nitrogens with zero attached hydrogens (tertiary/aromatic N) is 4. The number of carbonyl (C=O) groups is 1. The van der Waals surface area contributed by atoms with Crippen LogP contribution in [0.2, 0.25) is 0 Å². The lowest BCUT2D eigenvalue weighted by Gasteiger charge is -2.18. The molecule has 2 aromatic rings. The highest BCUT2D eigenvalue weighted by Gasteiger charge is 2.18. The maximum Gasteiger partial charge on any atom is 0.293 e. The molecule has 0 aromatic carbocycles. The number of aromatic nitrogens is 4. The van der Waals surface area contributed by atoms with E-state index >= 15 is 0 Å². The minimum atomic E-state index is -0.187. The number of H-pyrrole nitrogens is 1. The summed E-state index contributed by atoms with van der Waals surface area (Å²) in [7, 11) is 0. The Morgan fingerprint density at radius 1 is 1.44 bits per heavy atom. The Labute approximate surface area is 105 Å². The van der Waals surface area contributed by atoms with Gasteiger partial charge in [0.05, 0.1) is 12.2 Å². The van der Waals surface area contributed by atoms with Gasteiger partial charge in [-0.3, -0.25) is 14.9 Å². The van der Waals surface area contributed by atoms with Gasteiger partial charge in [0.15, 0.2) is 0 Å². The predicted octanol–water partition coefficient (Wildman–Crippen LogP) is 1.17. The lowest BCUT2D eigenvalue weighted by Crippen LogP contribution is -2.31. The third kappa shape index (κ3) is 2.71. The van der Waals surface area contributed by atoms with Gasteiger partial charge in [-0.05, 0) is 26.0 Å². The summed E-state index contributed by atoms with van der Waals surface area (Å²) in [5.74, 6) is 0.644. The van der Waals surface area contributed by atoms with Crippen molar-refractivity contribution in [3.63, 3.8) is 0 Å². The van der Waals surface area contributed by atoms with Crippen LogP contribution in [-0.4, -0.2) is 37.5 Å². The molecule has 6 nitrogen and oxygen atoms in total. The number of amides is 1. The lowest BCUT2D eigenvalue weighted by atomic mass is 10.3. The maximum atomic E-state index is 12.1. The maximum absolute atomic E-state index is 12.1. The molecule has 0 fully saturated rings. The van der Waals surface area contributed by atoms with Crippen molar-refractivity contribution in [1.82, 2.24) is 25.1 Å². The number of nitrogens with one attached hydrogen (secondary N) is 1. The Morgan fingerprint density at radius 2 is 2.28 bits per heavy atom. The normalized spacial score (nSPS) is 10.3. The van der Waals surface area contributed by atoms with Crippen LogP contribution in [0.5, 0.6) is 0 Å². The van der Waals surface area contributed by atoms with Crippen molar-refractivity contribution in [3.8, 4) is 0 Å². The zero-order valence-corrected chi connectivity index (χ0v) is 10.4. The fourth-order valence-electron chi connectivity index (χ4n) is 1.59. The summed E-state index contributed by atoms with van der Waals surface area (Å²) in [5, 5.41) is 6.55. The molecular formula is C12H15N5O. The SMILES string of the molecule is CCN(Cc1ccccn1)C(=O)c1n[nH]c(C)n1. The van der Waals surface area contributed by atoms with Crippen molar-refractivity contribution < 1.29 is 4.79 Å². The first-order valence-electron chi connectivity index (χ1n) is 5.79. The van der Waals surface area contributed by atoms with E-state index in [2.05, 4.69) is 20.2 Å². The van der Waals surface area contributed by atoms with E-state index in [-0.39, 0.29) is 11.7 Å². The van der Waals surface area contributed by atoms with Crippen LogP contribution in [0.1, 0.15) is 29.1 Å². The quantitative estimate of drug-likeness (QED) is 0.877. The number of hydrogen-bond donors (Lipinski definition) is 1. The highest BCUT2D eigenvalue weighted by Crippen LogP contribution is 2.05. The molecule has 0 atom stereocenters. The van der Waals surface area contributed by atoms with Gasteiger partial charge in [0.2, 0.25) is 5.82 Å². The average Bonchev–Trinajstić information content (AvgIpc) is 2.83. The summed E-state index contributed by atoms with van der Waals surface area (Å²) in [5.41, 5.74) is 0.847. The molecule has 0 saturated carbocycles. The fourth-order valence-corrected chi connectivity index (χ4v) is 1.59. The van der Waals surface area contributed by atoms with E-state index in [1.54, 1.807) is 18.0 Å². The molecule has 0 spiro atoms. The Balaban J connectivity index is 2.12. The monoisotopic (exact) mass is 245 g/mol. The molecule has 6 heteroatoms. The van der Waals surface area contributed by atoms with Gasteiger partial charge in [-0.2, -0.15) is 0 Å². The van der Waals surface area contributed by atoms with Crippen molar-refractivity contribution in [2.24, 2.45) is 0 Å². The first kappa shape index (κ1) is 12.2. The van der Waals surface area contributed by atoms with Crippen LogP contribution in [0.4, 0.5) is 0 Å². The van der Waals surface area contributed by atoms with Gasteiger partial charge in [-0.1, -0.05) is 6.07 Å². The third-order valence-electron chi connectivity index (χ3n) is 2.54. The van der Waals surface area contributed by atoms with Crippen LogP contribution in [0.3, 0.4) is 0 Å². The zero-order chi connectivity index (χ0) is 13.0. The highest BCUT2D eigenvalue weighted by atomic mass is 16.2. The Hall–Kier alpha value is -2.24. The van der Waals surface area contributed by atoms with E-state index in [1.807, 2.05) is 25.1 Å². The smallest absolute Gasteiger partial charge is 0.293 e. The second-order valence-electron chi connectivity index (χ2n) is 3.88. The summed E-state index contributed by atoms with van der Waals surface area (Å²) < 4.78 is 0. The predicted molar refractivity (Wildman–Crippen MR) is 65.8 cm³/mol. The van der Waals surface area contributed by atoms with Gasteiger partial charge in [0, 0.05) is 12.7 Å². The standard InChI is InChI=1S/C12H15N5O/c1-3-17(8-10-6-4-5-7-13-10)12(18)11-14-9(2)15-16-11/h4-7H,3,8H2,1-2H3,(H,14,15,16). The molecule has 0 aliphatic heterocycles. The summed E-state index contributed by atoms with van der Waals surface area (Å²) in [4.78, 5) is 22.1. The van der Waals surface area contributed by atoms with E-state index in [1.165, 1.54) is 0 Å². The number of pyridine rings is 1. The van der Waals surface area contributed by atoms with E-state index in [0.29, 0.717) is 18.9 Å². The second kappa shape index (κ2) is 5.39. The molecule has 1 N–H and O–H groups in total. The zero-order valence-electron chi connectivity index (χ0n) is 10.4. The van der Waals surface area contributed by atoms with Crippen molar-refractivity contribution in [1.29, 1.82) is 0 Å². The lowest BCUT2D eigenvalue weighted by molar-refractivity contribution is 0.0738. The summed E-state index contributed by atoms with van der Waals surface area (Å²) in [6.07, 6.45) is 1.71. The first-order valence-corrected chi connectivity index (χ1v) is 5.79. The Kier molecular flexibility index (Phi) is 3.66. The number of carbonyl (C=O) groups excluding carboxylic acids is 1. The summed E-state index contributed by atoms with van der Waals surface area (Å²) in [6, 6.07) is 5.64. The second-order valence-corrected chi connectivity index (χ2v) is 3.88. The molecule has 1 amide bonds. The van der Waals surface area contributed by atoms with Crippen LogP contribution >= 0.6 is 0 Å². The van der Waals surface area contributed by atoms with Crippen LogP contribution in [0.15, 0.2) is 24.4 Å². The largest absolute Gasteiger partial charge is 0.330 e. The minimum Gasteiger partial charge on any atom is -0.330 e. The molecule has 0 saturated heterocycles. The van der Waals surface area contributed by atoms with Crippen molar-refractivity contribution in [2.45, 2.75) is 20.4 Å². The highest BCUT2D eigenvalue weighted by molar-refractivity contribution is 5.90. The van der Waals surface area contributed by atoms with Crippen LogP contribution in [-0.2, 0) is 6.54 Å². The van der Waals surface area contributed by atoms with Crippen molar-refractivity contribution >= 4 is 5.91 Å². The Bertz CT molecular complexity index is 522. The van der Waals surface area contributed by atoms with Crippen LogP contribution in [0.25, 0.3) is 0 Å². The molecule has 2 rings (SSSR count). The molecule has 0 aliphatic carbocycles. The van der Waals surface area contributed by atoms with Crippen LogP contribution < -0.4 is 0 Å². The topological polar surface area (TPSA) is 74.8 Å². The van der Waals surface area contributed by atoms with Crippen molar-refractivity contribution in [3.05, 3.63) is 41.7 Å². The third-order valence-corrected chi connectivity index (χ3v) is 2.54. The first-order chi connectivity index (χ1) is 8.70. The fraction of sp³-hybridized carbons (Fsp3) is 0.333. The number of aryl methyl sites for hydroxylation is 1. The molecular weight excluding hydrogens is 230 g/mol. The number of hydrogen-bond acceptors (Lipinski definition) is 4. The van der Waals surface area contributed by atoms with Gasteiger partial charge in [0.25, 0.3) is 5.91 Å². The molecule has 0 aliphatic rings. The number of rotatable bonds is 4. The number of aromatic amines is 1. The van der Waals surface area contributed by atoms with Gasteiger partial charge in [-0.25, -0.2) is 4.98 Å². The molecule has 0 radical (unpaired) electrons. The van der Waals surface area contributed by atoms with Gasteiger partial charge < -0.3 is 4.90 Å². The van der Waals surface area contributed by atoms with Crippen LogP contribution in [0, 0.1) is 6.92 Å². The van der Waals surface area contributed by atoms with E-state index in [0.717, 1.165) is 5.69 Å². The van der Waals surface area contributed by atoms with Crippen molar-refractivity contribution in [2.75, 3.05) is 6.54 Å². The van der Waals surface area contributed by atoms with Gasteiger partial charge in [0.1, 0.15) is 5.82 Å². The minimum absolute atomic E-state index is 0.187. The molecule has 0 bridgehead atoms. The average molecular weight is 245 g/mol. The molecule has 94 valence electrons. The van der Waals surface area contributed by atoms with E-state index in [9.17, 15) is 4.79 Å². The molecule has 2 aromatic heterocycles. The van der Waals surface area contributed by atoms with E-state index < -0.39 is 0 Å². The summed E-state index contributed by atoms with van der Waals surface area (Å²) >= 11 is 0. The molecule has 2 heterocycles. The van der Waals surface area contributed by atoms with E-state index in [4.69, 9.17) is 0 Å². The molecule has 0 unspecified atom stereocenters. The Morgan fingerprint density at radius 3 is 2.83 bits per heavy atom.